The summed E-state index contributed by atoms with van der Waals surface area (Å²) in [7, 11) is 1.90. The zero-order valence-corrected chi connectivity index (χ0v) is 7.02. The van der Waals surface area contributed by atoms with Crippen LogP contribution in [0, 0.1) is 0 Å². The molecule has 0 aromatic rings. The van der Waals surface area contributed by atoms with Crippen LogP contribution in [0.3, 0.4) is 0 Å². The highest BCUT2D eigenvalue weighted by molar-refractivity contribution is 5.09. The van der Waals surface area contributed by atoms with E-state index >= 15 is 0 Å². The first-order valence-corrected chi connectivity index (χ1v) is 3.48. The average Bonchev–Trinajstić information content (AvgIpc) is 1.90. The molecule has 10 heavy (non-hydrogen) atoms. The molecule has 0 saturated carbocycles. The number of hydrazine groups is 1. The maximum absolute atomic E-state index is 3.75. The van der Waals surface area contributed by atoms with Gasteiger partial charge >= 0.3 is 0 Å². The minimum absolute atomic E-state index is 0.959. The SMILES string of the molecule is C=C(C)/C=C/N(CC)NC. The molecule has 0 unspecified atom stereocenters. The summed E-state index contributed by atoms with van der Waals surface area (Å²) in [6.07, 6.45) is 3.95. The lowest BCUT2D eigenvalue weighted by Gasteiger charge is -2.15. The normalized spacial score (nSPS) is 10.3. The molecule has 0 bridgehead atoms. The van der Waals surface area contributed by atoms with Gasteiger partial charge in [-0.25, -0.2) is 5.43 Å². The van der Waals surface area contributed by atoms with Crippen molar-refractivity contribution in [1.29, 1.82) is 0 Å². The Morgan fingerprint density at radius 1 is 1.70 bits per heavy atom. The van der Waals surface area contributed by atoms with Crippen LogP contribution in [0.15, 0.2) is 24.4 Å². The van der Waals surface area contributed by atoms with Gasteiger partial charge in [0.2, 0.25) is 0 Å². The molecule has 0 aromatic heterocycles. The molecule has 0 rings (SSSR count). The Morgan fingerprint density at radius 3 is 2.60 bits per heavy atom. The van der Waals surface area contributed by atoms with Crippen LogP contribution in [-0.2, 0) is 0 Å². The highest BCUT2D eigenvalue weighted by Crippen LogP contribution is 1.90. The zero-order chi connectivity index (χ0) is 7.98. The number of hydrogen-bond acceptors (Lipinski definition) is 2. The number of nitrogens with zero attached hydrogens (tertiary/aromatic N) is 1. The van der Waals surface area contributed by atoms with Crippen LogP contribution in [0.5, 0.6) is 0 Å². The fraction of sp³-hybridized carbons (Fsp3) is 0.500. The van der Waals surface area contributed by atoms with Crippen LogP contribution in [0.4, 0.5) is 0 Å². The van der Waals surface area contributed by atoms with Gasteiger partial charge in [-0.3, -0.25) is 0 Å². The van der Waals surface area contributed by atoms with Gasteiger partial charge in [0.1, 0.15) is 0 Å². The first-order chi connectivity index (χ1) is 4.70. The standard InChI is InChI=1S/C8H16N2/c1-5-10(9-4)7-6-8(2)3/h6-7,9H,2,5H2,1,3-4H3/b7-6+. The molecule has 0 aromatic carbocycles. The second-order valence-corrected chi connectivity index (χ2v) is 2.17. The predicted molar refractivity (Wildman–Crippen MR) is 45.4 cm³/mol. The van der Waals surface area contributed by atoms with Crippen molar-refractivity contribution in [3.05, 3.63) is 24.4 Å². The Bertz CT molecular complexity index is 123. The van der Waals surface area contributed by atoms with E-state index in [0.29, 0.717) is 0 Å². The molecule has 2 heteroatoms. The van der Waals surface area contributed by atoms with Crippen molar-refractivity contribution >= 4 is 0 Å². The molecular weight excluding hydrogens is 124 g/mol. The molecule has 0 aliphatic carbocycles. The van der Waals surface area contributed by atoms with Crippen molar-refractivity contribution in [2.45, 2.75) is 13.8 Å². The molecule has 0 aliphatic heterocycles. The van der Waals surface area contributed by atoms with Gasteiger partial charge in [0.25, 0.3) is 0 Å². The zero-order valence-electron chi connectivity index (χ0n) is 7.02. The van der Waals surface area contributed by atoms with E-state index in [0.717, 1.165) is 12.1 Å². The van der Waals surface area contributed by atoms with Gasteiger partial charge in [0.15, 0.2) is 0 Å². The van der Waals surface area contributed by atoms with Crippen LogP contribution in [0.2, 0.25) is 0 Å². The number of hydrogen-bond donors (Lipinski definition) is 1. The molecule has 0 atom stereocenters. The number of nitrogens with one attached hydrogen (secondary N) is 1. The van der Waals surface area contributed by atoms with Gasteiger partial charge in [-0.1, -0.05) is 12.2 Å². The van der Waals surface area contributed by atoms with Gasteiger partial charge < -0.3 is 5.01 Å². The predicted octanol–water partition coefficient (Wildman–Crippen LogP) is 1.53. The largest absolute Gasteiger partial charge is 0.316 e. The van der Waals surface area contributed by atoms with Crippen molar-refractivity contribution in [3.8, 4) is 0 Å². The van der Waals surface area contributed by atoms with E-state index in [1.54, 1.807) is 0 Å². The van der Waals surface area contributed by atoms with Gasteiger partial charge in [0, 0.05) is 19.8 Å². The Labute approximate surface area is 63.2 Å². The highest BCUT2D eigenvalue weighted by Gasteiger charge is 1.86. The molecule has 0 aliphatic rings. The topological polar surface area (TPSA) is 15.3 Å². The van der Waals surface area contributed by atoms with Crippen LogP contribution in [0.1, 0.15) is 13.8 Å². The lowest BCUT2D eigenvalue weighted by molar-refractivity contribution is 0.315. The maximum Gasteiger partial charge on any atom is 0.0309 e. The van der Waals surface area contributed by atoms with E-state index in [1.165, 1.54) is 0 Å². The Kier molecular flexibility index (Phi) is 4.67. The van der Waals surface area contributed by atoms with E-state index in [2.05, 4.69) is 18.9 Å². The molecule has 0 heterocycles. The minimum atomic E-state index is 0.959. The van der Waals surface area contributed by atoms with E-state index in [-0.39, 0.29) is 0 Å². The molecule has 0 saturated heterocycles. The minimum Gasteiger partial charge on any atom is -0.316 e. The summed E-state index contributed by atoms with van der Waals surface area (Å²) in [5.74, 6) is 0. The van der Waals surface area contributed by atoms with Crippen molar-refractivity contribution in [3.63, 3.8) is 0 Å². The number of rotatable bonds is 4. The Hall–Kier alpha value is -0.760. The lowest BCUT2D eigenvalue weighted by Crippen LogP contribution is -2.29. The van der Waals surface area contributed by atoms with Crippen molar-refractivity contribution in [2.24, 2.45) is 0 Å². The average molecular weight is 140 g/mol. The molecule has 1 N–H and O–H groups in total. The summed E-state index contributed by atoms with van der Waals surface area (Å²) >= 11 is 0. The third kappa shape index (κ3) is 4.15. The fourth-order valence-electron chi connectivity index (χ4n) is 0.555. The van der Waals surface area contributed by atoms with E-state index in [9.17, 15) is 0 Å². The Balaban J connectivity index is 3.72. The van der Waals surface area contributed by atoms with Crippen molar-refractivity contribution in [2.75, 3.05) is 13.6 Å². The van der Waals surface area contributed by atoms with E-state index in [1.807, 2.05) is 31.3 Å². The Morgan fingerprint density at radius 2 is 2.30 bits per heavy atom. The summed E-state index contributed by atoms with van der Waals surface area (Å²) < 4.78 is 0. The third-order valence-corrected chi connectivity index (χ3v) is 1.17. The summed E-state index contributed by atoms with van der Waals surface area (Å²) in [5.41, 5.74) is 4.08. The third-order valence-electron chi connectivity index (χ3n) is 1.17. The second kappa shape index (κ2) is 5.06. The summed E-state index contributed by atoms with van der Waals surface area (Å²) in [6.45, 7) is 8.77. The highest BCUT2D eigenvalue weighted by atomic mass is 15.5. The van der Waals surface area contributed by atoms with Crippen molar-refractivity contribution in [1.82, 2.24) is 10.4 Å². The summed E-state index contributed by atoms with van der Waals surface area (Å²) in [6, 6.07) is 0. The van der Waals surface area contributed by atoms with Crippen LogP contribution in [0.25, 0.3) is 0 Å². The first-order valence-electron chi connectivity index (χ1n) is 3.48. The quantitative estimate of drug-likeness (QED) is 0.470. The van der Waals surface area contributed by atoms with E-state index in [4.69, 9.17) is 0 Å². The summed E-state index contributed by atoms with van der Waals surface area (Å²) in [4.78, 5) is 0. The summed E-state index contributed by atoms with van der Waals surface area (Å²) in [5, 5.41) is 1.98. The molecule has 0 amide bonds. The molecule has 2 nitrogen and oxygen atoms in total. The van der Waals surface area contributed by atoms with Crippen LogP contribution < -0.4 is 5.43 Å². The van der Waals surface area contributed by atoms with Crippen LogP contribution in [-0.4, -0.2) is 18.6 Å². The molecular formula is C8H16N2. The molecule has 58 valence electrons. The van der Waals surface area contributed by atoms with Gasteiger partial charge in [-0.2, -0.15) is 0 Å². The monoisotopic (exact) mass is 140 g/mol. The lowest BCUT2D eigenvalue weighted by atomic mass is 10.3. The number of allylic oxidation sites excluding steroid dienone is 2. The molecule has 0 spiro atoms. The maximum atomic E-state index is 3.75. The molecule has 0 fully saturated rings. The van der Waals surface area contributed by atoms with Gasteiger partial charge in [-0.15, -0.1) is 0 Å². The van der Waals surface area contributed by atoms with Gasteiger partial charge in [-0.05, 0) is 19.9 Å². The second-order valence-electron chi connectivity index (χ2n) is 2.17. The fourth-order valence-corrected chi connectivity index (χ4v) is 0.555. The van der Waals surface area contributed by atoms with Crippen LogP contribution >= 0.6 is 0 Å². The van der Waals surface area contributed by atoms with E-state index < -0.39 is 0 Å². The molecule has 0 radical (unpaired) electrons. The first kappa shape index (κ1) is 9.24. The smallest absolute Gasteiger partial charge is 0.0309 e. The van der Waals surface area contributed by atoms with Crippen molar-refractivity contribution < 1.29 is 0 Å². The van der Waals surface area contributed by atoms with Gasteiger partial charge in [0.05, 0.1) is 0 Å².